The highest BCUT2D eigenvalue weighted by Gasteiger charge is 2.41. The van der Waals surface area contributed by atoms with Crippen molar-refractivity contribution in [3.8, 4) is 0 Å². The van der Waals surface area contributed by atoms with Gasteiger partial charge in [0.2, 0.25) is 0 Å². The number of halogens is 2. The Bertz CT molecular complexity index is 472. The second-order valence-electron chi connectivity index (χ2n) is 5.65. The van der Waals surface area contributed by atoms with E-state index < -0.39 is 0 Å². The zero-order valence-corrected chi connectivity index (χ0v) is 14.7. The first-order chi connectivity index (χ1) is 10.1. The summed E-state index contributed by atoms with van der Waals surface area (Å²) in [6, 6.07) is 5.78. The van der Waals surface area contributed by atoms with Crippen LogP contribution < -0.4 is 5.32 Å². The maximum Gasteiger partial charge on any atom is 0.0616 e. The monoisotopic (exact) mass is 347 g/mol. The largest absolute Gasteiger partial charge is 0.394 e. The van der Waals surface area contributed by atoms with Crippen LogP contribution in [0.15, 0.2) is 23.1 Å². The third-order valence-corrected chi connectivity index (χ3v) is 6.16. The molecule has 0 aromatic heterocycles. The Balaban J connectivity index is 1.88. The SMILES string of the molecule is CCNC1(CO)CCCC1CCSc1ccc(Cl)c(Cl)c1. The van der Waals surface area contributed by atoms with E-state index in [-0.39, 0.29) is 12.1 Å². The molecule has 5 heteroatoms. The molecule has 1 saturated carbocycles. The van der Waals surface area contributed by atoms with Crippen molar-refractivity contribution in [2.24, 2.45) is 5.92 Å². The van der Waals surface area contributed by atoms with E-state index in [4.69, 9.17) is 23.2 Å². The van der Waals surface area contributed by atoms with E-state index in [0.29, 0.717) is 16.0 Å². The molecule has 0 spiro atoms. The van der Waals surface area contributed by atoms with Crippen molar-refractivity contribution in [3.05, 3.63) is 28.2 Å². The van der Waals surface area contributed by atoms with Gasteiger partial charge in [-0.05, 0) is 55.7 Å². The Morgan fingerprint density at radius 2 is 2.19 bits per heavy atom. The van der Waals surface area contributed by atoms with Crippen LogP contribution in [0.5, 0.6) is 0 Å². The number of hydrogen-bond donors (Lipinski definition) is 2. The Morgan fingerprint density at radius 1 is 1.38 bits per heavy atom. The molecular weight excluding hydrogens is 325 g/mol. The molecule has 2 N–H and O–H groups in total. The van der Waals surface area contributed by atoms with Crippen LogP contribution >= 0.6 is 35.0 Å². The molecule has 1 aromatic carbocycles. The van der Waals surface area contributed by atoms with Crippen LogP contribution in [0.2, 0.25) is 10.0 Å². The van der Waals surface area contributed by atoms with Gasteiger partial charge in [-0.3, -0.25) is 0 Å². The normalized spacial score (nSPS) is 25.4. The summed E-state index contributed by atoms with van der Waals surface area (Å²) in [6.07, 6.45) is 4.60. The Kier molecular flexibility index (Phi) is 6.70. The third-order valence-electron chi connectivity index (χ3n) is 4.39. The van der Waals surface area contributed by atoms with Crippen LogP contribution in [-0.2, 0) is 0 Å². The molecule has 0 amide bonds. The van der Waals surface area contributed by atoms with Crippen LogP contribution in [-0.4, -0.2) is 29.5 Å². The first-order valence-electron chi connectivity index (χ1n) is 7.55. The van der Waals surface area contributed by atoms with Gasteiger partial charge in [-0.25, -0.2) is 0 Å². The number of aliphatic hydroxyl groups is 1. The highest BCUT2D eigenvalue weighted by molar-refractivity contribution is 7.99. The maximum atomic E-state index is 9.80. The number of likely N-dealkylation sites (N-methyl/N-ethyl adjacent to an activating group) is 1. The second-order valence-corrected chi connectivity index (χ2v) is 7.63. The zero-order valence-electron chi connectivity index (χ0n) is 12.4. The van der Waals surface area contributed by atoms with E-state index in [1.807, 2.05) is 18.2 Å². The Hall–Kier alpha value is 0.0700. The molecule has 2 atom stereocenters. The summed E-state index contributed by atoms with van der Waals surface area (Å²) in [5.74, 6) is 1.59. The fraction of sp³-hybridized carbons (Fsp3) is 0.625. The van der Waals surface area contributed by atoms with Gasteiger partial charge in [-0.1, -0.05) is 36.5 Å². The lowest BCUT2D eigenvalue weighted by Crippen LogP contribution is -2.51. The van der Waals surface area contributed by atoms with Crippen LogP contribution in [0.25, 0.3) is 0 Å². The quantitative estimate of drug-likeness (QED) is 0.706. The highest BCUT2D eigenvalue weighted by atomic mass is 35.5. The van der Waals surface area contributed by atoms with Crippen LogP contribution in [0, 0.1) is 5.92 Å². The fourth-order valence-corrected chi connectivity index (χ4v) is 4.67. The average Bonchev–Trinajstić information content (AvgIpc) is 2.87. The molecular formula is C16H23Cl2NOS. The van der Waals surface area contributed by atoms with Crippen molar-refractivity contribution in [1.29, 1.82) is 0 Å². The van der Waals surface area contributed by atoms with Crippen molar-refractivity contribution >= 4 is 35.0 Å². The summed E-state index contributed by atoms with van der Waals surface area (Å²) < 4.78 is 0. The van der Waals surface area contributed by atoms with Gasteiger partial charge in [-0.2, -0.15) is 0 Å². The third kappa shape index (κ3) is 4.29. The van der Waals surface area contributed by atoms with Gasteiger partial charge >= 0.3 is 0 Å². The minimum atomic E-state index is -0.0625. The lowest BCUT2D eigenvalue weighted by atomic mass is 9.86. The molecule has 1 aliphatic rings. The fourth-order valence-electron chi connectivity index (χ4n) is 3.30. The summed E-state index contributed by atoms with van der Waals surface area (Å²) in [4.78, 5) is 1.15. The summed E-state index contributed by atoms with van der Waals surface area (Å²) >= 11 is 13.8. The summed E-state index contributed by atoms with van der Waals surface area (Å²) in [5, 5.41) is 14.5. The molecule has 1 fully saturated rings. The predicted octanol–water partition coefficient (Wildman–Crippen LogP) is 4.62. The van der Waals surface area contributed by atoms with Gasteiger partial charge in [0, 0.05) is 10.4 Å². The van der Waals surface area contributed by atoms with Gasteiger partial charge in [0.25, 0.3) is 0 Å². The molecule has 0 aliphatic heterocycles. The number of nitrogens with one attached hydrogen (secondary N) is 1. The first kappa shape index (κ1) is 17.4. The van der Waals surface area contributed by atoms with E-state index >= 15 is 0 Å². The number of rotatable bonds is 7. The lowest BCUT2D eigenvalue weighted by molar-refractivity contribution is 0.124. The molecule has 21 heavy (non-hydrogen) atoms. The van der Waals surface area contributed by atoms with E-state index in [2.05, 4.69) is 12.2 Å². The summed E-state index contributed by atoms with van der Waals surface area (Å²) in [5.41, 5.74) is -0.0625. The second kappa shape index (κ2) is 8.07. The van der Waals surface area contributed by atoms with E-state index in [1.54, 1.807) is 11.8 Å². The molecule has 2 nitrogen and oxygen atoms in total. The lowest BCUT2D eigenvalue weighted by Gasteiger charge is -2.35. The molecule has 2 rings (SSSR count). The molecule has 0 radical (unpaired) electrons. The van der Waals surface area contributed by atoms with Gasteiger partial charge in [0.15, 0.2) is 0 Å². The first-order valence-corrected chi connectivity index (χ1v) is 9.29. The standard InChI is InChI=1S/C16H23Cl2NOS/c1-2-19-16(11-20)8-3-4-12(16)7-9-21-13-5-6-14(17)15(18)10-13/h5-6,10,12,19-20H,2-4,7-9,11H2,1H3. The summed E-state index contributed by atoms with van der Waals surface area (Å²) in [6.45, 7) is 3.26. The van der Waals surface area contributed by atoms with E-state index in [1.165, 1.54) is 12.8 Å². The summed E-state index contributed by atoms with van der Waals surface area (Å²) in [7, 11) is 0. The molecule has 0 heterocycles. The van der Waals surface area contributed by atoms with Crippen molar-refractivity contribution in [3.63, 3.8) is 0 Å². The van der Waals surface area contributed by atoms with E-state index in [0.717, 1.165) is 30.0 Å². The molecule has 2 unspecified atom stereocenters. The molecule has 0 bridgehead atoms. The zero-order chi connectivity index (χ0) is 15.3. The molecule has 1 aliphatic carbocycles. The number of aliphatic hydroxyl groups excluding tert-OH is 1. The smallest absolute Gasteiger partial charge is 0.0616 e. The predicted molar refractivity (Wildman–Crippen MR) is 92.6 cm³/mol. The Morgan fingerprint density at radius 3 is 2.86 bits per heavy atom. The van der Waals surface area contributed by atoms with Gasteiger partial charge in [-0.15, -0.1) is 11.8 Å². The highest BCUT2D eigenvalue weighted by Crippen LogP contribution is 2.39. The van der Waals surface area contributed by atoms with Crippen LogP contribution in [0.4, 0.5) is 0 Å². The van der Waals surface area contributed by atoms with Crippen molar-refractivity contribution in [1.82, 2.24) is 5.32 Å². The van der Waals surface area contributed by atoms with Crippen molar-refractivity contribution in [2.75, 3.05) is 18.9 Å². The number of thioether (sulfide) groups is 1. The molecule has 0 saturated heterocycles. The van der Waals surface area contributed by atoms with Gasteiger partial charge in [0.1, 0.15) is 0 Å². The van der Waals surface area contributed by atoms with Gasteiger partial charge in [0.05, 0.1) is 16.7 Å². The van der Waals surface area contributed by atoms with Gasteiger partial charge < -0.3 is 10.4 Å². The molecule has 1 aromatic rings. The van der Waals surface area contributed by atoms with Crippen LogP contribution in [0.1, 0.15) is 32.6 Å². The van der Waals surface area contributed by atoms with Crippen molar-refractivity contribution < 1.29 is 5.11 Å². The van der Waals surface area contributed by atoms with Crippen molar-refractivity contribution in [2.45, 2.75) is 43.0 Å². The Labute approximate surface area is 141 Å². The van der Waals surface area contributed by atoms with Crippen LogP contribution in [0.3, 0.4) is 0 Å². The minimum absolute atomic E-state index is 0.0625. The van der Waals surface area contributed by atoms with E-state index in [9.17, 15) is 5.11 Å². The topological polar surface area (TPSA) is 32.3 Å². The number of benzene rings is 1. The minimum Gasteiger partial charge on any atom is -0.394 e. The maximum absolute atomic E-state index is 9.80. The average molecular weight is 348 g/mol. The molecule has 118 valence electrons. The number of hydrogen-bond acceptors (Lipinski definition) is 3.